The first-order valence-corrected chi connectivity index (χ1v) is 7.70. The smallest absolute Gasteiger partial charge is 0.169 e. The van der Waals surface area contributed by atoms with Crippen LogP contribution >= 0.6 is 11.6 Å². The molecular weight excluding hydrogens is 293 g/mol. The van der Waals surface area contributed by atoms with Crippen LogP contribution in [-0.2, 0) is 9.84 Å². The highest BCUT2D eigenvalue weighted by molar-refractivity contribution is 7.92. The Bertz CT molecular complexity index is 602. The third kappa shape index (κ3) is 3.22. The average Bonchev–Trinajstić information content (AvgIpc) is 2.24. The molecule has 0 saturated heterocycles. The van der Waals surface area contributed by atoms with Crippen LogP contribution in [-0.4, -0.2) is 26.0 Å². The number of hydrogen-bond acceptors (Lipinski definition) is 5. The van der Waals surface area contributed by atoms with E-state index in [1.54, 1.807) is 0 Å². The van der Waals surface area contributed by atoms with Gasteiger partial charge in [-0.3, -0.25) is 0 Å². The number of nitrogens with one attached hydrogen (secondary N) is 1. The molecule has 1 aromatic carbocycles. The molecule has 1 rings (SSSR count). The second-order valence-electron chi connectivity index (χ2n) is 4.94. The van der Waals surface area contributed by atoms with Gasteiger partial charge in [0.2, 0.25) is 0 Å². The fourth-order valence-electron chi connectivity index (χ4n) is 1.28. The van der Waals surface area contributed by atoms with E-state index in [4.69, 9.17) is 23.1 Å². The van der Waals surface area contributed by atoms with Gasteiger partial charge < -0.3 is 16.8 Å². The maximum Gasteiger partial charge on any atom is 0.169 e. The minimum Gasteiger partial charge on any atom is -0.397 e. The summed E-state index contributed by atoms with van der Waals surface area (Å²) in [5.74, 6) is -0.788. The Balaban J connectivity index is 3.07. The Morgan fingerprint density at radius 2 is 1.89 bits per heavy atom. The molecule has 0 unspecified atom stereocenters. The zero-order valence-corrected chi connectivity index (χ0v) is 12.5. The van der Waals surface area contributed by atoms with Crippen molar-refractivity contribution in [2.75, 3.05) is 29.6 Å². The monoisotopic (exact) mass is 309 g/mol. The zero-order valence-electron chi connectivity index (χ0n) is 10.9. The van der Waals surface area contributed by atoms with Gasteiger partial charge in [-0.25, -0.2) is 12.8 Å². The minimum absolute atomic E-state index is 0.00675. The van der Waals surface area contributed by atoms with E-state index in [2.05, 4.69) is 5.32 Å². The van der Waals surface area contributed by atoms with Gasteiger partial charge in [0.25, 0.3) is 0 Å². The summed E-state index contributed by atoms with van der Waals surface area (Å²) in [4.78, 5) is 0. The normalized spacial score (nSPS) is 12.5. The van der Waals surface area contributed by atoms with Gasteiger partial charge in [-0.2, -0.15) is 0 Å². The number of halogens is 2. The number of anilines is 3. The van der Waals surface area contributed by atoms with Crippen LogP contribution < -0.4 is 16.8 Å². The summed E-state index contributed by atoms with van der Waals surface area (Å²) >= 11 is 5.68. The van der Waals surface area contributed by atoms with E-state index in [1.807, 2.05) is 0 Å². The second-order valence-corrected chi connectivity index (χ2v) is 7.97. The highest BCUT2D eigenvalue weighted by Gasteiger charge is 2.30. The molecule has 0 atom stereocenters. The topological polar surface area (TPSA) is 98.2 Å². The average molecular weight is 310 g/mol. The standard InChI is InChI=1S/C11H17ClFN3O2S/c1-11(2,19(3,17)18)5-16-10-7(15)4-6(14)8(12)9(10)13/h4,16H,5,14-15H2,1-3H3. The highest BCUT2D eigenvalue weighted by Crippen LogP contribution is 2.34. The molecule has 5 N–H and O–H groups in total. The fraction of sp³-hybridized carbons (Fsp3) is 0.455. The van der Waals surface area contributed by atoms with Crippen molar-refractivity contribution in [3.63, 3.8) is 0 Å². The Morgan fingerprint density at radius 3 is 2.37 bits per heavy atom. The van der Waals surface area contributed by atoms with Crippen LogP contribution in [0.5, 0.6) is 0 Å². The number of benzene rings is 1. The van der Waals surface area contributed by atoms with E-state index in [-0.39, 0.29) is 28.6 Å². The number of nitrogen functional groups attached to an aromatic ring is 2. The summed E-state index contributed by atoms with van der Waals surface area (Å²) < 4.78 is 35.9. The van der Waals surface area contributed by atoms with Crippen LogP contribution in [0.25, 0.3) is 0 Å². The summed E-state index contributed by atoms with van der Waals surface area (Å²) in [7, 11) is -3.30. The number of rotatable bonds is 4. The van der Waals surface area contributed by atoms with E-state index < -0.39 is 20.4 Å². The second kappa shape index (κ2) is 5.05. The maximum absolute atomic E-state index is 13.9. The number of hydrogen-bond donors (Lipinski definition) is 3. The lowest BCUT2D eigenvalue weighted by Gasteiger charge is -2.24. The predicted octanol–water partition coefficient (Wildman–Crippen LogP) is 1.88. The zero-order chi connectivity index (χ0) is 15.0. The molecule has 1 aromatic rings. The first-order chi connectivity index (χ1) is 8.47. The van der Waals surface area contributed by atoms with Gasteiger partial charge >= 0.3 is 0 Å². The minimum atomic E-state index is -3.30. The Hall–Kier alpha value is -1.21. The molecule has 0 aliphatic rings. The number of nitrogens with two attached hydrogens (primary N) is 2. The largest absolute Gasteiger partial charge is 0.397 e. The van der Waals surface area contributed by atoms with Gasteiger partial charge in [0.05, 0.1) is 21.8 Å². The highest BCUT2D eigenvalue weighted by atomic mass is 35.5. The molecule has 0 spiro atoms. The lowest BCUT2D eigenvalue weighted by atomic mass is 10.2. The van der Waals surface area contributed by atoms with Crippen LogP contribution in [0.2, 0.25) is 5.02 Å². The third-order valence-electron chi connectivity index (χ3n) is 2.96. The lowest BCUT2D eigenvalue weighted by Crippen LogP contribution is -2.38. The first kappa shape index (κ1) is 15.8. The summed E-state index contributed by atoms with van der Waals surface area (Å²) in [6.45, 7) is 3.05. The quantitative estimate of drug-likeness (QED) is 0.738. The van der Waals surface area contributed by atoms with E-state index in [0.717, 1.165) is 6.26 Å². The van der Waals surface area contributed by atoms with Crippen LogP contribution in [0, 0.1) is 5.82 Å². The Morgan fingerprint density at radius 1 is 1.37 bits per heavy atom. The van der Waals surface area contributed by atoms with Crippen molar-refractivity contribution in [1.82, 2.24) is 0 Å². The molecule has 0 amide bonds. The Labute approximate surface area is 117 Å². The first-order valence-electron chi connectivity index (χ1n) is 5.44. The summed E-state index contributed by atoms with van der Waals surface area (Å²) in [5.41, 5.74) is 11.2. The molecule has 0 aromatic heterocycles. The van der Waals surface area contributed by atoms with Crippen LogP contribution in [0.15, 0.2) is 6.07 Å². The van der Waals surface area contributed by atoms with E-state index in [9.17, 15) is 12.8 Å². The molecule has 19 heavy (non-hydrogen) atoms. The van der Waals surface area contributed by atoms with Crippen molar-refractivity contribution < 1.29 is 12.8 Å². The fourth-order valence-corrected chi connectivity index (χ4v) is 1.76. The summed E-state index contributed by atoms with van der Waals surface area (Å²) in [5, 5.41) is 2.44. The van der Waals surface area contributed by atoms with Crippen LogP contribution in [0.1, 0.15) is 13.8 Å². The van der Waals surface area contributed by atoms with Gasteiger partial charge in [0.15, 0.2) is 15.7 Å². The number of sulfone groups is 1. The molecule has 0 aliphatic carbocycles. The van der Waals surface area contributed by atoms with Crippen LogP contribution in [0.3, 0.4) is 0 Å². The summed E-state index contributed by atoms with van der Waals surface area (Å²) in [6.07, 6.45) is 1.12. The SMILES string of the molecule is CC(C)(CNc1c(N)cc(N)c(Cl)c1F)S(C)(=O)=O. The third-order valence-corrected chi connectivity index (χ3v) is 5.50. The van der Waals surface area contributed by atoms with Gasteiger partial charge in [-0.05, 0) is 19.9 Å². The molecule has 0 aliphatic heterocycles. The van der Waals surface area contributed by atoms with Gasteiger partial charge in [-0.15, -0.1) is 0 Å². The molecule has 0 radical (unpaired) electrons. The van der Waals surface area contributed by atoms with E-state index in [0.29, 0.717) is 0 Å². The lowest BCUT2D eigenvalue weighted by molar-refractivity contribution is 0.558. The van der Waals surface area contributed by atoms with E-state index in [1.165, 1.54) is 19.9 Å². The molecule has 0 bridgehead atoms. The Kier molecular flexibility index (Phi) is 4.21. The molecule has 5 nitrogen and oxygen atoms in total. The van der Waals surface area contributed by atoms with Crippen molar-refractivity contribution >= 4 is 38.5 Å². The predicted molar refractivity (Wildman–Crippen MR) is 77.6 cm³/mol. The van der Waals surface area contributed by atoms with Crippen molar-refractivity contribution in [3.05, 3.63) is 16.9 Å². The van der Waals surface area contributed by atoms with E-state index >= 15 is 0 Å². The molecule has 0 fully saturated rings. The van der Waals surface area contributed by atoms with Crippen molar-refractivity contribution in [1.29, 1.82) is 0 Å². The molecule has 8 heteroatoms. The van der Waals surface area contributed by atoms with Crippen LogP contribution in [0.4, 0.5) is 21.5 Å². The van der Waals surface area contributed by atoms with Crippen molar-refractivity contribution in [2.24, 2.45) is 0 Å². The maximum atomic E-state index is 13.9. The van der Waals surface area contributed by atoms with Gasteiger partial charge in [0.1, 0.15) is 5.02 Å². The summed E-state index contributed by atoms with van der Waals surface area (Å²) in [6, 6.07) is 1.32. The van der Waals surface area contributed by atoms with Gasteiger partial charge in [0, 0.05) is 12.8 Å². The molecular formula is C11H17ClFN3O2S. The molecule has 0 saturated carbocycles. The van der Waals surface area contributed by atoms with Gasteiger partial charge in [-0.1, -0.05) is 11.6 Å². The molecule has 108 valence electrons. The molecule has 0 heterocycles. The van der Waals surface area contributed by atoms with Crippen molar-refractivity contribution in [2.45, 2.75) is 18.6 Å². The van der Waals surface area contributed by atoms with Crippen molar-refractivity contribution in [3.8, 4) is 0 Å².